The van der Waals surface area contributed by atoms with Crippen molar-refractivity contribution < 1.29 is 37.1 Å². The average molecular weight is 845 g/mol. The molecule has 2 atom stereocenters. The molecule has 4 aliphatic rings. The van der Waals surface area contributed by atoms with Crippen molar-refractivity contribution in [2.24, 2.45) is 5.41 Å². The number of anilines is 1. The summed E-state index contributed by atoms with van der Waals surface area (Å²) in [6.45, 7) is 6.86. The maximum atomic E-state index is 13.4. The highest BCUT2D eigenvalue weighted by molar-refractivity contribution is 6.05. The number of hydrogen-bond donors (Lipinski definition) is 2. The fourth-order valence-electron chi connectivity index (χ4n) is 9.42. The van der Waals surface area contributed by atoms with Crippen LogP contribution in [0.2, 0.25) is 0 Å². The molecule has 4 aliphatic heterocycles. The Kier molecular flexibility index (Phi) is 11.0. The van der Waals surface area contributed by atoms with Gasteiger partial charge in [-0.15, -0.1) is 0 Å². The van der Waals surface area contributed by atoms with Gasteiger partial charge in [0, 0.05) is 54.8 Å². The molecule has 9 rings (SSSR count). The van der Waals surface area contributed by atoms with Crippen LogP contribution in [-0.4, -0.2) is 70.6 Å². The molecule has 1 unspecified atom stereocenters. The predicted molar refractivity (Wildman–Crippen MR) is 226 cm³/mol. The van der Waals surface area contributed by atoms with E-state index in [1.165, 1.54) is 12.1 Å². The predicted octanol–water partition coefficient (Wildman–Crippen LogP) is 8.18. The second-order valence-corrected chi connectivity index (χ2v) is 17.1. The van der Waals surface area contributed by atoms with E-state index in [0.29, 0.717) is 35.3 Å². The van der Waals surface area contributed by atoms with E-state index in [1.54, 1.807) is 35.2 Å². The maximum absolute atomic E-state index is 13.4. The number of carbonyl (C=O) groups is 4. The third kappa shape index (κ3) is 8.48. The third-order valence-corrected chi connectivity index (χ3v) is 13.1. The standard InChI is InChI=1S/C48H47F3N6O5/c1-30(52-44(59)32-8-14-38-31(26-32)4-2-7-42(38)62-37-12-9-34(10-13-37)48(49,50)51)40-6-3-5-35(53-40)29-55-22-18-47(19-23-55)20-24-56(25-21-47)36-11-15-39-33(27-36)28-57(46(39)61)41-16-17-43(58)54-45(41)60/h2-15,26-27,30,41H,16-25,28-29H2,1H3,(H,52,59)(H,54,58,60)/t30-,41?/m0/s1. The normalized spacial score (nSPS) is 19.7. The molecule has 320 valence electrons. The van der Waals surface area contributed by atoms with Crippen molar-refractivity contribution >= 4 is 40.1 Å². The third-order valence-electron chi connectivity index (χ3n) is 13.1. The summed E-state index contributed by atoms with van der Waals surface area (Å²) in [5.74, 6) is -0.356. The summed E-state index contributed by atoms with van der Waals surface area (Å²) in [5, 5.41) is 6.93. The van der Waals surface area contributed by atoms with Crippen LogP contribution in [0.3, 0.4) is 0 Å². The summed E-state index contributed by atoms with van der Waals surface area (Å²) in [4.78, 5) is 62.2. The van der Waals surface area contributed by atoms with E-state index in [-0.39, 0.29) is 35.9 Å². The van der Waals surface area contributed by atoms with Crippen LogP contribution in [0.25, 0.3) is 10.8 Å². The first-order valence-electron chi connectivity index (χ1n) is 21.2. The number of fused-ring (bicyclic) bond motifs is 2. The molecule has 14 heteroatoms. The van der Waals surface area contributed by atoms with Gasteiger partial charge in [0.1, 0.15) is 17.5 Å². The Hall–Kier alpha value is -6.28. The highest BCUT2D eigenvalue weighted by Crippen LogP contribution is 2.43. The first-order chi connectivity index (χ1) is 29.8. The first-order valence-corrected chi connectivity index (χ1v) is 21.2. The maximum Gasteiger partial charge on any atom is 0.416 e. The second-order valence-electron chi connectivity index (χ2n) is 17.1. The van der Waals surface area contributed by atoms with Gasteiger partial charge in [0.25, 0.3) is 11.8 Å². The number of amides is 4. The number of imide groups is 1. The fraction of sp³-hybridized carbons (Fsp3) is 0.354. The monoisotopic (exact) mass is 844 g/mol. The molecule has 1 spiro atoms. The molecule has 0 radical (unpaired) electrons. The van der Waals surface area contributed by atoms with Gasteiger partial charge in [-0.1, -0.05) is 18.2 Å². The zero-order chi connectivity index (χ0) is 43.2. The molecule has 5 heterocycles. The van der Waals surface area contributed by atoms with E-state index in [2.05, 4.69) is 26.5 Å². The van der Waals surface area contributed by atoms with Crippen molar-refractivity contribution in [3.63, 3.8) is 0 Å². The van der Waals surface area contributed by atoms with E-state index in [0.717, 1.165) is 104 Å². The number of nitrogens with zero attached hydrogens (tertiary/aromatic N) is 4. The number of likely N-dealkylation sites (tertiary alicyclic amines) is 1. The summed E-state index contributed by atoms with van der Waals surface area (Å²) < 4.78 is 45.0. The zero-order valence-corrected chi connectivity index (χ0v) is 34.3. The number of halogens is 3. The van der Waals surface area contributed by atoms with E-state index >= 15 is 0 Å². The minimum Gasteiger partial charge on any atom is -0.457 e. The molecule has 2 N–H and O–H groups in total. The molecule has 1 aromatic heterocycles. The molecule has 0 bridgehead atoms. The van der Waals surface area contributed by atoms with Crippen LogP contribution in [0.4, 0.5) is 18.9 Å². The highest BCUT2D eigenvalue weighted by Gasteiger charge is 2.41. The second kappa shape index (κ2) is 16.5. The van der Waals surface area contributed by atoms with Gasteiger partial charge in [0.2, 0.25) is 11.8 Å². The van der Waals surface area contributed by atoms with E-state index in [4.69, 9.17) is 9.72 Å². The first kappa shape index (κ1) is 41.1. The highest BCUT2D eigenvalue weighted by atomic mass is 19.4. The molecule has 11 nitrogen and oxygen atoms in total. The number of ether oxygens (including phenoxy) is 1. The lowest BCUT2D eigenvalue weighted by molar-refractivity contribution is -0.138. The summed E-state index contributed by atoms with van der Waals surface area (Å²) >= 11 is 0. The minimum absolute atomic E-state index is 0.153. The van der Waals surface area contributed by atoms with Crippen molar-refractivity contribution in [3.05, 3.63) is 131 Å². The molecule has 4 amide bonds. The van der Waals surface area contributed by atoms with Gasteiger partial charge < -0.3 is 19.9 Å². The molecule has 5 aromatic rings. The number of carbonyl (C=O) groups excluding carboxylic acids is 4. The van der Waals surface area contributed by atoms with Gasteiger partial charge in [-0.3, -0.25) is 34.4 Å². The van der Waals surface area contributed by atoms with Crippen LogP contribution in [0.15, 0.2) is 97.1 Å². The number of alkyl halides is 3. The van der Waals surface area contributed by atoms with Gasteiger partial charge in [-0.25, -0.2) is 0 Å². The summed E-state index contributed by atoms with van der Waals surface area (Å²) in [6.07, 6.45) is 0.572. The summed E-state index contributed by atoms with van der Waals surface area (Å²) in [6, 6.07) is 26.1. The number of rotatable bonds is 9. The van der Waals surface area contributed by atoms with Gasteiger partial charge >= 0.3 is 6.18 Å². The number of benzene rings is 4. The minimum atomic E-state index is -4.43. The van der Waals surface area contributed by atoms with Gasteiger partial charge in [0.15, 0.2) is 0 Å². The van der Waals surface area contributed by atoms with Crippen LogP contribution in [0.1, 0.15) is 94.7 Å². The molecule has 3 saturated heterocycles. The van der Waals surface area contributed by atoms with Crippen molar-refractivity contribution in [1.29, 1.82) is 0 Å². The van der Waals surface area contributed by atoms with E-state index < -0.39 is 23.7 Å². The smallest absolute Gasteiger partial charge is 0.416 e. The lowest BCUT2D eigenvalue weighted by Gasteiger charge is -2.47. The van der Waals surface area contributed by atoms with Crippen molar-refractivity contribution in [3.8, 4) is 11.5 Å². The Bertz CT molecular complexity index is 2550. The van der Waals surface area contributed by atoms with Crippen molar-refractivity contribution in [2.45, 2.75) is 76.8 Å². The number of aromatic nitrogens is 1. The summed E-state index contributed by atoms with van der Waals surface area (Å²) in [5.41, 5.74) is 4.38. The molecule has 3 fully saturated rings. The summed E-state index contributed by atoms with van der Waals surface area (Å²) in [7, 11) is 0. The lowest BCUT2D eigenvalue weighted by atomic mass is 9.71. The number of hydrogen-bond acceptors (Lipinski definition) is 8. The van der Waals surface area contributed by atoms with Crippen LogP contribution in [-0.2, 0) is 28.9 Å². The zero-order valence-electron chi connectivity index (χ0n) is 34.3. The average Bonchev–Trinajstić information content (AvgIpc) is 3.59. The van der Waals surface area contributed by atoms with Crippen molar-refractivity contribution in [1.82, 2.24) is 25.4 Å². The number of pyridine rings is 1. The van der Waals surface area contributed by atoms with Crippen LogP contribution in [0.5, 0.6) is 11.5 Å². The lowest BCUT2D eigenvalue weighted by Crippen LogP contribution is -2.52. The fourth-order valence-corrected chi connectivity index (χ4v) is 9.42. The SMILES string of the molecule is C[C@H](NC(=O)c1ccc2c(Oc3ccc(C(F)(F)F)cc3)cccc2c1)c1cccc(CN2CCC3(CC2)CCN(c2ccc4c(c2)CN(C2CCC(=O)NC2=O)C4=O)CC3)n1. The molecule has 0 saturated carbocycles. The quantitative estimate of drug-likeness (QED) is 0.143. The Labute approximate surface area is 357 Å². The number of piperidine rings is 3. The topological polar surface area (TPSA) is 124 Å². The molecular weight excluding hydrogens is 798 g/mol. The van der Waals surface area contributed by atoms with E-state index in [1.807, 2.05) is 43.3 Å². The Morgan fingerprint density at radius 3 is 2.39 bits per heavy atom. The molecular formula is C48H47F3N6O5. The Morgan fingerprint density at radius 1 is 0.903 bits per heavy atom. The van der Waals surface area contributed by atoms with Gasteiger partial charge in [-0.05, 0) is 147 Å². The van der Waals surface area contributed by atoms with E-state index in [9.17, 15) is 32.3 Å². The van der Waals surface area contributed by atoms with Crippen molar-refractivity contribution in [2.75, 3.05) is 31.1 Å². The molecule has 62 heavy (non-hydrogen) atoms. The van der Waals surface area contributed by atoms with Crippen LogP contribution in [0, 0.1) is 5.41 Å². The molecule has 0 aliphatic carbocycles. The van der Waals surface area contributed by atoms with Crippen LogP contribution < -0.4 is 20.3 Å². The Morgan fingerprint density at radius 2 is 1.65 bits per heavy atom. The largest absolute Gasteiger partial charge is 0.457 e. The number of nitrogens with one attached hydrogen (secondary N) is 2. The Balaban J connectivity index is 0.759. The van der Waals surface area contributed by atoms with Crippen LogP contribution >= 0.6 is 0 Å². The van der Waals surface area contributed by atoms with Gasteiger partial charge in [0.05, 0.1) is 23.0 Å². The van der Waals surface area contributed by atoms with Gasteiger partial charge in [-0.2, -0.15) is 13.2 Å². The molecule has 4 aromatic carbocycles.